The summed E-state index contributed by atoms with van der Waals surface area (Å²) < 4.78 is 44.4. The largest absolute Gasteiger partial charge is 0.495 e. The van der Waals surface area contributed by atoms with Crippen LogP contribution in [0.2, 0.25) is 0 Å². The second-order valence-electron chi connectivity index (χ2n) is 3.73. The maximum Gasteiger partial charge on any atom is 0.244 e. The molecule has 1 aromatic rings. The first-order valence-corrected chi connectivity index (χ1v) is 6.75. The van der Waals surface area contributed by atoms with Crippen LogP contribution < -0.4 is 9.46 Å². The predicted molar refractivity (Wildman–Crippen MR) is 63.0 cm³/mol. The highest BCUT2D eigenvalue weighted by molar-refractivity contribution is 7.89. The Bertz CT molecular complexity index is 487. The number of halogens is 1. The van der Waals surface area contributed by atoms with Gasteiger partial charge in [-0.2, -0.15) is 0 Å². The minimum absolute atomic E-state index is 0.127. The third-order valence-electron chi connectivity index (χ3n) is 2.38. The van der Waals surface area contributed by atoms with E-state index < -0.39 is 15.8 Å². The van der Waals surface area contributed by atoms with E-state index in [0.29, 0.717) is 6.42 Å². The van der Waals surface area contributed by atoms with E-state index >= 15 is 0 Å². The monoisotopic (exact) mass is 261 g/mol. The Morgan fingerprint density at radius 1 is 1.47 bits per heavy atom. The number of benzene rings is 1. The lowest BCUT2D eigenvalue weighted by Gasteiger charge is -2.14. The Morgan fingerprint density at radius 3 is 2.65 bits per heavy atom. The number of hydrogen-bond acceptors (Lipinski definition) is 3. The average molecular weight is 261 g/mol. The van der Waals surface area contributed by atoms with E-state index in [-0.39, 0.29) is 16.7 Å². The fourth-order valence-electron chi connectivity index (χ4n) is 1.27. The van der Waals surface area contributed by atoms with Crippen molar-refractivity contribution < 1.29 is 17.5 Å². The van der Waals surface area contributed by atoms with Crippen molar-refractivity contribution in [1.82, 2.24) is 4.72 Å². The summed E-state index contributed by atoms with van der Waals surface area (Å²) in [5.74, 6) is -0.488. The van der Waals surface area contributed by atoms with Gasteiger partial charge in [-0.25, -0.2) is 17.5 Å². The molecule has 0 unspecified atom stereocenters. The molecule has 6 heteroatoms. The van der Waals surface area contributed by atoms with Gasteiger partial charge in [0.25, 0.3) is 0 Å². The van der Waals surface area contributed by atoms with Crippen LogP contribution in [-0.4, -0.2) is 21.6 Å². The summed E-state index contributed by atoms with van der Waals surface area (Å²) in [6, 6.07) is 3.18. The number of ether oxygens (including phenoxy) is 1. The number of rotatable bonds is 5. The molecule has 0 spiro atoms. The van der Waals surface area contributed by atoms with Crippen LogP contribution in [0.3, 0.4) is 0 Å². The topological polar surface area (TPSA) is 55.4 Å². The van der Waals surface area contributed by atoms with Crippen LogP contribution in [0.5, 0.6) is 5.75 Å². The lowest BCUT2D eigenvalue weighted by atomic mass is 10.3. The van der Waals surface area contributed by atoms with E-state index in [9.17, 15) is 12.8 Å². The summed E-state index contributed by atoms with van der Waals surface area (Å²) in [5.41, 5.74) is 0. The molecule has 1 rings (SSSR count). The molecule has 1 N–H and O–H groups in total. The molecule has 17 heavy (non-hydrogen) atoms. The number of nitrogens with one attached hydrogen (secondary N) is 1. The van der Waals surface area contributed by atoms with Crippen LogP contribution in [-0.2, 0) is 10.0 Å². The standard InChI is InChI=1S/C11H16FNO3S/c1-4-8(2)13-17(14,15)11-7-9(12)5-6-10(11)16-3/h5-8,13H,4H2,1-3H3/t8-/m1/s1. The summed E-state index contributed by atoms with van der Waals surface area (Å²) >= 11 is 0. The van der Waals surface area contributed by atoms with Crippen molar-refractivity contribution in [2.75, 3.05) is 7.11 Å². The first-order chi connectivity index (χ1) is 7.90. The number of methoxy groups -OCH3 is 1. The van der Waals surface area contributed by atoms with E-state index in [4.69, 9.17) is 4.74 Å². The molecule has 4 nitrogen and oxygen atoms in total. The zero-order valence-corrected chi connectivity index (χ0v) is 10.8. The van der Waals surface area contributed by atoms with Crippen LogP contribution in [0.15, 0.2) is 23.1 Å². The SMILES string of the molecule is CC[C@@H](C)NS(=O)(=O)c1cc(F)ccc1OC. The highest BCUT2D eigenvalue weighted by Crippen LogP contribution is 2.24. The lowest BCUT2D eigenvalue weighted by molar-refractivity contribution is 0.400. The zero-order chi connectivity index (χ0) is 13.1. The number of hydrogen-bond donors (Lipinski definition) is 1. The highest BCUT2D eigenvalue weighted by atomic mass is 32.2. The Kier molecular flexibility index (Phi) is 4.47. The van der Waals surface area contributed by atoms with E-state index in [1.165, 1.54) is 13.2 Å². The molecule has 0 radical (unpaired) electrons. The molecule has 0 bridgehead atoms. The van der Waals surface area contributed by atoms with Gasteiger partial charge in [-0.05, 0) is 31.5 Å². The first-order valence-electron chi connectivity index (χ1n) is 5.26. The van der Waals surface area contributed by atoms with E-state index in [1.807, 2.05) is 6.92 Å². The van der Waals surface area contributed by atoms with Crippen molar-refractivity contribution in [2.24, 2.45) is 0 Å². The summed E-state index contributed by atoms with van der Waals surface area (Å²) in [7, 11) is -2.41. The van der Waals surface area contributed by atoms with Crippen molar-refractivity contribution in [2.45, 2.75) is 31.2 Å². The van der Waals surface area contributed by atoms with E-state index in [2.05, 4.69) is 4.72 Å². The summed E-state index contributed by atoms with van der Waals surface area (Å²) in [6.45, 7) is 3.60. The molecule has 0 aliphatic carbocycles. The van der Waals surface area contributed by atoms with Gasteiger partial charge in [0.1, 0.15) is 16.5 Å². The van der Waals surface area contributed by atoms with Gasteiger partial charge in [0.2, 0.25) is 10.0 Å². The van der Waals surface area contributed by atoms with E-state index in [1.54, 1.807) is 6.92 Å². The van der Waals surface area contributed by atoms with Crippen LogP contribution in [0.4, 0.5) is 4.39 Å². The third-order valence-corrected chi connectivity index (χ3v) is 3.99. The summed E-state index contributed by atoms with van der Waals surface area (Å²) in [5, 5.41) is 0. The van der Waals surface area contributed by atoms with Crippen molar-refractivity contribution in [3.8, 4) is 5.75 Å². The Hall–Kier alpha value is -1.14. The Morgan fingerprint density at radius 2 is 2.12 bits per heavy atom. The van der Waals surface area contributed by atoms with Crippen LogP contribution in [0.1, 0.15) is 20.3 Å². The molecule has 0 saturated heterocycles. The molecule has 0 aromatic heterocycles. The normalized spacial score (nSPS) is 13.4. The van der Waals surface area contributed by atoms with Crippen molar-refractivity contribution in [3.05, 3.63) is 24.0 Å². The molecular formula is C11H16FNO3S. The van der Waals surface area contributed by atoms with Crippen molar-refractivity contribution in [1.29, 1.82) is 0 Å². The minimum atomic E-state index is -3.75. The summed E-state index contributed by atoms with van der Waals surface area (Å²) in [6.07, 6.45) is 0.650. The average Bonchev–Trinajstić information content (AvgIpc) is 2.28. The van der Waals surface area contributed by atoms with Gasteiger partial charge in [0.15, 0.2) is 0 Å². The fourth-order valence-corrected chi connectivity index (χ4v) is 2.78. The van der Waals surface area contributed by atoms with E-state index in [0.717, 1.165) is 12.1 Å². The second-order valence-corrected chi connectivity index (χ2v) is 5.41. The van der Waals surface area contributed by atoms with Crippen LogP contribution >= 0.6 is 0 Å². The van der Waals surface area contributed by atoms with Gasteiger partial charge in [0, 0.05) is 6.04 Å². The number of sulfonamides is 1. The summed E-state index contributed by atoms with van der Waals surface area (Å²) in [4.78, 5) is -0.180. The van der Waals surface area contributed by atoms with Gasteiger partial charge in [0.05, 0.1) is 7.11 Å². The molecule has 0 aliphatic rings. The van der Waals surface area contributed by atoms with Gasteiger partial charge in [-0.1, -0.05) is 6.92 Å². The zero-order valence-electron chi connectivity index (χ0n) is 10.0. The van der Waals surface area contributed by atoms with Gasteiger partial charge in [-0.3, -0.25) is 0 Å². The molecule has 0 heterocycles. The molecule has 96 valence electrons. The van der Waals surface area contributed by atoms with Crippen LogP contribution in [0.25, 0.3) is 0 Å². The highest BCUT2D eigenvalue weighted by Gasteiger charge is 2.21. The minimum Gasteiger partial charge on any atom is -0.495 e. The molecule has 0 amide bonds. The first kappa shape index (κ1) is 13.9. The maximum absolute atomic E-state index is 13.1. The van der Waals surface area contributed by atoms with Crippen LogP contribution in [0, 0.1) is 5.82 Å². The molecular weight excluding hydrogens is 245 g/mol. The van der Waals surface area contributed by atoms with Crippen molar-refractivity contribution >= 4 is 10.0 Å². The molecule has 0 saturated carbocycles. The van der Waals surface area contributed by atoms with Gasteiger partial charge >= 0.3 is 0 Å². The fraction of sp³-hybridized carbons (Fsp3) is 0.455. The molecule has 1 aromatic carbocycles. The third kappa shape index (κ3) is 3.41. The van der Waals surface area contributed by atoms with Gasteiger partial charge in [-0.15, -0.1) is 0 Å². The predicted octanol–water partition coefficient (Wildman–Crippen LogP) is 1.91. The lowest BCUT2D eigenvalue weighted by Crippen LogP contribution is -2.32. The quantitative estimate of drug-likeness (QED) is 0.881. The second kappa shape index (κ2) is 5.46. The Balaban J connectivity index is 3.18. The Labute approximate surface area is 101 Å². The maximum atomic E-state index is 13.1. The molecule has 0 aliphatic heterocycles. The molecule has 0 fully saturated rings. The van der Waals surface area contributed by atoms with Gasteiger partial charge < -0.3 is 4.74 Å². The molecule has 1 atom stereocenters. The van der Waals surface area contributed by atoms with Crippen molar-refractivity contribution in [3.63, 3.8) is 0 Å². The smallest absolute Gasteiger partial charge is 0.244 e.